The minimum absolute atomic E-state index is 0.214. The van der Waals surface area contributed by atoms with E-state index in [9.17, 15) is 18.5 Å². The number of halogens is 1. The third-order valence-corrected chi connectivity index (χ3v) is 4.92. The van der Waals surface area contributed by atoms with Gasteiger partial charge in [0.2, 0.25) is 0 Å². The van der Waals surface area contributed by atoms with Crippen LogP contribution in [-0.4, -0.2) is 22.5 Å². The van der Waals surface area contributed by atoms with Gasteiger partial charge in [-0.25, -0.2) is 0 Å². The SMILES string of the molecule is Cc1nn(S(=O)(=O)c2cccc([N+](=O)[O-])c2)c(C)c1Cl. The van der Waals surface area contributed by atoms with Crippen LogP contribution in [0, 0.1) is 24.0 Å². The molecule has 0 unspecified atom stereocenters. The molecule has 0 amide bonds. The summed E-state index contributed by atoms with van der Waals surface area (Å²) in [5.74, 6) is 0. The molecule has 0 aliphatic heterocycles. The molecule has 2 rings (SSSR count). The summed E-state index contributed by atoms with van der Waals surface area (Å²) in [5, 5.41) is 14.8. The van der Waals surface area contributed by atoms with Crippen molar-refractivity contribution in [2.24, 2.45) is 0 Å². The summed E-state index contributed by atoms with van der Waals surface area (Å²) in [4.78, 5) is 9.84. The van der Waals surface area contributed by atoms with E-state index in [1.54, 1.807) is 6.92 Å². The van der Waals surface area contributed by atoms with Gasteiger partial charge in [-0.1, -0.05) is 17.7 Å². The molecule has 1 aromatic heterocycles. The van der Waals surface area contributed by atoms with E-state index >= 15 is 0 Å². The van der Waals surface area contributed by atoms with Crippen LogP contribution in [0.3, 0.4) is 0 Å². The summed E-state index contributed by atoms with van der Waals surface area (Å²) in [6.45, 7) is 3.09. The van der Waals surface area contributed by atoms with E-state index in [1.165, 1.54) is 25.1 Å². The number of nitro benzene ring substituents is 1. The lowest BCUT2D eigenvalue weighted by atomic mass is 10.3. The molecule has 2 aromatic rings. The van der Waals surface area contributed by atoms with E-state index in [1.807, 2.05) is 0 Å². The van der Waals surface area contributed by atoms with E-state index in [0.717, 1.165) is 10.2 Å². The molecule has 0 N–H and O–H groups in total. The zero-order chi connectivity index (χ0) is 15.1. The lowest BCUT2D eigenvalue weighted by Crippen LogP contribution is -2.16. The van der Waals surface area contributed by atoms with Gasteiger partial charge in [0.25, 0.3) is 15.7 Å². The van der Waals surface area contributed by atoms with Crippen molar-refractivity contribution in [3.63, 3.8) is 0 Å². The van der Waals surface area contributed by atoms with Crippen molar-refractivity contribution < 1.29 is 13.3 Å². The van der Waals surface area contributed by atoms with E-state index < -0.39 is 14.9 Å². The molecular weight excluding hydrogens is 306 g/mol. The zero-order valence-corrected chi connectivity index (χ0v) is 12.1. The Kier molecular flexibility index (Phi) is 3.53. The molecule has 20 heavy (non-hydrogen) atoms. The maximum atomic E-state index is 12.4. The number of non-ortho nitro benzene ring substituents is 1. The van der Waals surface area contributed by atoms with Crippen LogP contribution in [0.5, 0.6) is 0 Å². The van der Waals surface area contributed by atoms with Crippen molar-refractivity contribution in [3.8, 4) is 0 Å². The standard InChI is InChI=1S/C11H10ClN3O4S/c1-7-11(12)8(2)14(13-7)20(18,19)10-5-3-4-9(6-10)15(16)17/h3-6H,1-2H3. The van der Waals surface area contributed by atoms with E-state index in [4.69, 9.17) is 11.6 Å². The number of nitrogens with zero attached hydrogens (tertiary/aromatic N) is 3. The lowest BCUT2D eigenvalue weighted by Gasteiger charge is -2.06. The van der Waals surface area contributed by atoms with Crippen LogP contribution in [-0.2, 0) is 10.0 Å². The summed E-state index contributed by atoms with van der Waals surface area (Å²) >= 11 is 5.92. The molecule has 9 heteroatoms. The van der Waals surface area contributed by atoms with Crippen molar-refractivity contribution in [1.29, 1.82) is 0 Å². The lowest BCUT2D eigenvalue weighted by molar-refractivity contribution is -0.385. The largest absolute Gasteiger partial charge is 0.283 e. The van der Waals surface area contributed by atoms with E-state index in [-0.39, 0.29) is 21.3 Å². The van der Waals surface area contributed by atoms with Crippen LogP contribution in [0.2, 0.25) is 5.02 Å². The number of nitro groups is 1. The smallest absolute Gasteiger partial charge is 0.258 e. The van der Waals surface area contributed by atoms with Gasteiger partial charge in [0, 0.05) is 12.1 Å². The number of hydrogen-bond acceptors (Lipinski definition) is 5. The Morgan fingerprint density at radius 2 is 2.00 bits per heavy atom. The maximum Gasteiger partial charge on any atom is 0.283 e. The first-order valence-corrected chi connectivity index (χ1v) is 7.28. The van der Waals surface area contributed by atoms with Gasteiger partial charge in [-0.15, -0.1) is 0 Å². The molecule has 7 nitrogen and oxygen atoms in total. The Hall–Kier alpha value is -1.93. The average Bonchev–Trinajstić information content (AvgIpc) is 2.67. The molecule has 0 radical (unpaired) electrons. The fourth-order valence-electron chi connectivity index (χ4n) is 1.69. The Morgan fingerprint density at radius 1 is 1.35 bits per heavy atom. The zero-order valence-electron chi connectivity index (χ0n) is 10.6. The maximum absolute atomic E-state index is 12.4. The van der Waals surface area contributed by atoms with Crippen LogP contribution in [0.25, 0.3) is 0 Å². The van der Waals surface area contributed by atoms with E-state index in [2.05, 4.69) is 5.10 Å². The molecule has 0 saturated carbocycles. The second-order valence-corrected chi connectivity index (χ2v) is 6.23. The van der Waals surface area contributed by atoms with E-state index in [0.29, 0.717) is 5.69 Å². The minimum Gasteiger partial charge on any atom is -0.258 e. The van der Waals surface area contributed by atoms with Gasteiger partial charge < -0.3 is 0 Å². The van der Waals surface area contributed by atoms with Gasteiger partial charge in [0.05, 0.1) is 26.2 Å². The molecule has 0 saturated heterocycles. The van der Waals surface area contributed by atoms with Crippen LogP contribution < -0.4 is 0 Å². The molecule has 0 aliphatic rings. The second-order valence-electron chi connectivity index (χ2n) is 4.09. The van der Waals surface area contributed by atoms with Crippen molar-refractivity contribution in [1.82, 2.24) is 9.19 Å². The fourth-order valence-corrected chi connectivity index (χ4v) is 3.26. The van der Waals surface area contributed by atoms with Crippen LogP contribution in [0.15, 0.2) is 29.2 Å². The summed E-state index contributed by atoms with van der Waals surface area (Å²) in [7, 11) is -4.01. The molecule has 0 spiro atoms. The highest BCUT2D eigenvalue weighted by molar-refractivity contribution is 7.89. The summed E-state index contributed by atoms with van der Waals surface area (Å²) in [6.07, 6.45) is 0. The quantitative estimate of drug-likeness (QED) is 0.639. The normalized spacial score (nSPS) is 11.6. The van der Waals surface area contributed by atoms with Crippen LogP contribution in [0.4, 0.5) is 5.69 Å². The first kappa shape index (κ1) is 14.5. The molecule has 0 bridgehead atoms. The minimum atomic E-state index is -4.01. The number of hydrogen-bond donors (Lipinski definition) is 0. The highest BCUT2D eigenvalue weighted by Gasteiger charge is 2.24. The summed E-state index contributed by atoms with van der Waals surface area (Å²) in [5.41, 5.74) is 0.326. The van der Waals surface area contributed by atoms with Crippen molar-refractivity contribution in [2.45, 2.75) is 18.7 Å². The first-order valence-electron chi connectivity index (χ1n) is 5.47. The van der Waals surface area contributed by atoms with Crippen LogP contribution >= 0.6 is 11.6 Å². The predicted octanol–water partition coefficient (Wildman–Crippen LogP) is 2.30. The van der Waals surface area contributed by atoms with Crippen molar-refractivity contribution >= 4 is 27.3 Å². The van der Waals surface area contributed by atoms with Gasteiger partial charge in [-0.3, -0.25) is 10.1 Å². The number of rotatable bonds is 3. The topological polar surface area (TPSA) is 95.1 Å². The molecular formula is C11H10ClN3O4S. The van der Waals surface area contributed by atoms with Gasteiger partial charge in [0.15, 0.2) is 0 Å². The highest BCUT2D eigenvalue weighted by atomic mass is 35.5. The fraction of sp³-hybridized carbons (Fsp3) is 0.182. The Labute approximate surface area is 120 Å². The Morgan fingerprint density at radius 3 is 2.50 bits per heavy atom. The second kappa shape index (κ2) is 4.88. The van der Waals surface area contributed by atoms with Gasteiger partial charge in [-0.2, -0.15) is 17.6 Å². The number of aryl methyl sites for hydroxylation is 1. The predicted molar refractivity (Wildman–Crippen MR) is 72.4 cm³/mol. The Balaban J connectivity index is 2.64. The molecule has 1 aromatic carbocycles. The summed E-state index contributed by atoms with van der Waals surface area (Å²) in [6, 6.07) is 4.78. The Bertz CT molecular complexity index is 798. The third-order valence-electron chi connectivity index (χ3n) is 2.72. The number of benzene rings is 1. The van der Waals surface area contributed by atoms with Crippen molar-refractivity contribution in [2.75, 3.05) is 0 Å². The molecule has 1 heterocycles. The highest BCUT2D eigenvalue weighted by Crippen LogP contribution is 2.25. The molecule has 0 aliphatic carbocycles. The molecule has 0 atom stereocenters. The third kappa shape index (κ3) is 2.27. The van der Waals surface area contributed by atoms with Gasteiger partial charge >= 0.3 is 0 Å². The van der Waals surface area contributed by atoms with Gasteiger partial charge in [-0.05, 0) is 19.9 Å². The first-order chi connectivity index (χ1) is 9.25. The average molecular weight is 316 g/mol. The van der Waals surface area contributed by atoms with Crippen molar-refractivity contribution in [3.05, 3.63) is 50.8 Å². The number of aromatic nitrogens is 2. The monoisotopic (exact) mass is 315 g/mol. The molecule has 106 valence electrons. The molecule has 0 fully saturated rings. The summed E-state index contributed by atoms with van der Waals surface area (Å²) < 4.78 is 25.6. The van der Waals surface area contributed by atoms with Gasteiger partial charge in [0.1, 0.15) is 0 Å². The van der Waals surface area contributed by atoms with Crippen LogP contribution in [0.1, 0.15) is 11.4 Å².